The van der Waals surface area contributed by atoms with Crippen LogP contribution in [-0.2, 0) is 0 Å². The molecule has 1 atom stereocenters. The fraction of sp³-hybridized carbons (Fsp3) is 0.143. The molecule has 0 aliphatic heterocycles. The van der Waals surface area contributed by atoms with E-state index in [0.717, 1.165) is 10.0 Å². The van der Waals surface area contributed by atoms with Crippen molar-refractivity contribution in [3.8, 4) is 0 Å². The summed E-state index contributed by atoms with van der Waals surface area (Å²) < 4.78 is 41.2. The van der Waals surface area contributed by atoms with E-state index in [-0.39, 0.29) is 5.56 Å². The van der Waals surface area contributed by atoms with Crippen molar-refractivity contribution in [3.63, 3.8) is 0 Å². The van der Waals surface area contributed by atoms with Crippen LogP contribution in [0.1, 0.15) is 21.5 Å². The van der Waals surface area contributed by atoms with Crippen molar-refractivity contribution < 1.29 is 13.2 Å². The lowest BCUT2D eigenvalue weighted by molar-refractivity contribution is 0.527. The van der Waals surface area contributed by atoms with Crippen LogP contribution in [0.2, 0.25) is 0 Å². The fourth-order valence-electron chi connectivity index (χ4n) is 1.87. The molecule has 0 saturated carbocycles. The van der Waals surface area contributed by atoms with Gasteiger partial charge < -0.3 is 0 Å². The summed E-state index contributed by atoms with van der Waals surface area (Å²) in [6.45, 7) is 1.88. The average Bonchev–Trinajstić information content (AvgIpc) is 2.25. The van der Waals surface area contributed by atoms with Crippen LogP contribution in [0.4, 0.5) is 13.2 Å². The van der Waals surface area contributed by atoms with Crippen molar-refractivity contribution in [2.75, 3.05) is 0 Å². The largest absolute Gasteiger partial charge is 0.207 e. The molecule has 1 unspecified atom stereocenters. The van der Waals surface area contributed by atoms with Crippen molar-refractivity contribution in [1.29, 1.82) is 0 Å². The quantitative estimate of drug-likeness (QED) is 0.577. The van der Waals surface area contributed by atoms with Gasteiger partial charge in [-0.3, -0.25) is 0 Å². The van der Waals surface area contributed by atoms with Crippen molar-refractivity contribution in [1.82, 2.24) is 0 Å². The van der Waals surface area contributed by atoms with Gasteiger partial charge in [0.25, 0.3) is 0 Å². The van der Waals surface area contributed by atoms with Gasteiger partial charge in [0.05, 0.1) is 4.83 Å². The van der Waals surface area contributed by atoms with E-state index in [1.54, 1.807) is 6.07 Å². The molecule has 100 valence electrons. The summed E-state index contributed by atoms with van der Waals surface area (Å²) in [5.74, 6) is -2.74. The van der Waals surface area contributed by atoms with Crippen molar-refractivity contribution in [2.24, 2.45) is 0 Å². The van der Waals surface area contributed by atoms with Gasteiger partial charge >= 0.3 is 0 Å². The first-order valence-corrected chi connectivity index (χ1v) is 7.15. The minimum Gasteiger partial charge on any atom is -0.207 e. The molecule has 2 aromatic carbocycles. The van der Waals surface area contributed by atoms with Crippen LogP contribution in [-0.4, -0.2) is 0 Å². The van der Waals surface area contributed by atoms with Crippen molar-refractivity contribution in [3.05, 3.63) is 68.9 Å². The van der Waals surface area contributed by atoms with Crippen LogP contribution >= 0.6 is 31.9 Å². The molecule has 0 aromatic heterocycles. The highest BCUT2D eigenvalue weighted by Gasteiger charge is 2.21. The van der Waals surface area contributed by atoms with Gasteiger partial charge in [0, 0.05) is 22.2 Å². The Morgan fingerprint density at radius 2 is 1.53 bits per heavy atom. The third kappa shape index (κ3) is 3.20. The summed E-state index contributed by atoms with van der Waals surface area (Å²) in [7, 11) is 0. The second-order valence-electron chi connectivity index (χ2n) is 4.21. The molecule has 0 saturated heterocycles. The Bertz CT molecular complexity index is 583. The minimum atomic E-state index is -0.927. The molecule has 2 rings (SSSR count). The molecular weight excluding hydrogens is 385 g/mol. The molecule has 0 radical (unpaired) electrons. The number of rotatable bonds is 2. The zero-order valence-electron chi connectivity index (χ0n) is 9.85. The van der Waals surface area contributed by atoms with Gasteiger partial charge in [0.1, 0.15) is 17.5 Å². The molecular formula is C14H9Br2F3. The standard InChI is InChI=1S/C14H9Br2F3/c1-7-2-8(4-9(15)3-7)14(16)13-11(18)5-10(17)6-12(13)19/h2-6,14H,1H3. The van der Waals surface area contributed by atoms with Crippen LogP contribution < -0.4 is 0 Å². The third-order valence-corrected chi connectivity index (χ3v) is 4.10. The van der Waals surface area contributed by atoms with Crippen LogP contribution in [0.25, 0.3) is 0 Å². The van der Waals surface area contributed by atoms with Gasteiger partial charge in [-0.25, -0.2) is 13.2 Å². The predicted octanol–water partition coefficient (Wildman–Crippen LogP) is 5.66. The van der Waals surface area contributed by atoms with Gasteiger partial charge in [-0.05, 0) is 30.2 Å². The smallest absolute Gasteiger partial charge is 0.133 e. The third-order valence-electron chi connectivity index (χ3n) is 2.65. The maximum Gasteiger partial charge on any atom is 0.133 e. The summed E-state index contributed by atoms with van der Waals surface area (Å²) in [6, 6.07) is 6.82. The zero-order valence-corrected chi connectivity index (χ0v) is 13.0. The second kappa shape index (κ2) is 5.67. The van der Waals surface area contributed by atoms with Gasteiger partial charge in [0.2, 0.25) is 0 Å². The summed E-state index contributed by atoms with van der Waals surface area (Å²) in [5.41, 5.74) is 1.45. The van der Waals surface area contributed by atoms with E-state index in [1.807, 2.05) is 19.1 Å². The zero-order chi connectivity index (χ0) is 14.2. The van der Waals surface area contributed by atoms with Gasteiger partial charge in [-0.1, -0.05) is 37.9 Å². The van der Waals surface area contributed by atoms with E-state index in [0.29, 0.717) is 17.7 Å². The maximum absolute atomic E-state index is 13.7. The fourth-order valence-corrected chi connectivity index (χ4v) is 3.20. The molecule has 0 bridgehead atoms. The van der Waals surface area contributed by atoms with Crippen LogP contribution in [0.5, 0.6) is 0 Å². The van der Waals surface area contributed by atoms with Gasteiger partial charge in [-0.2, -0.15) is 0 Å². The highest BCUT2D eigenvalue weighted by molar-refractivity contribution is 9.10. The maximum atomic E-state index is 13.7. The number of aryl methyl sites for hydroxylation is 1. The van der Waals surface area contributed by atoms with Gasteiger partial charge in [-0.15, -0.1) is 0 Å². The first kappa shape index (κ1) is 14.6. The number of halogens is 5. The monoisotopic (exact) mass is 392 g/mol. The lowest BCUT2D eigenvalue weighted by Gasteiger charge is -2.14. The minimum absolute atomic E-state index is 0.195. The lowest BCUT2D eigenvalue weighted by atomic mass is 10.0. The number of hydrogen-bond acceptors (Lipinski definition) is 0. The Morgan fingerprint density at radius 3 is 2.05 bits per heavy atom. The molecule has 2 aromatic rings. The molecule has 0 nitrogen and oxygen atoms in total. The Hall–Kier alpha value is -0.810. The van der Waals surface area contributed by atoms with E-state index >= 15 is 0 Å². The van der Waals surface area contributed by atoms with E-state index in [1.165, 1.54) is 0 Å². The van der Waals surface area contributed by atoms with Crippen LogP contribution in [0, 0.1) is 24.4 Å². The van der Waals surface area contributed by atoms with Crippen LogP contribution in [0.15, 0.2) is 34.8 Å². The molecule has 19 heavy (non-hydrogen) atoms. The Morgan fingerprint density at radius 1 is 0.947 bits per heavy atom. The van der Waals surface area contributed by atoms with Crippen LogP contribution in [0.3, 0.4) is 0 Å². The second-order valence-corrected chi connectivity index (χ2v) is 6.04. The Balaban J connectivity index is 2.52. The predicted molar refractivity (Wildman–Crippen MR) is 76.0 cm³/mol. The topological polar surface area (TPSA) is 0 Å². The average molecular weight is 394 g/mol. The van der Waals surface area contributed by atoms with Crippen molar-refractivity contribution >= 4 is 31.9 Å². The summed E-state index contributed by atoms with van der Waals surface area (Å²) >= 11 is 6.60. The molecule has 0 N–H and O–H groups in total. The van der Waals surface area contributed by atoms with E-state index in [9.17, 15) is 13.2 Å². The normalized spacial score (nSPS) is 12.5. The molecule has 0 spiro atoms. The lowest BCUT2D eigenvalue weighted by Crippen LogP contribution is -2.02. The van der Waals surface area contributed by atoms with E-state index in [2.05, 4.69) is 31.9 Å². The van der Waals surface area contributed by atoms with Crippen molar-refractivity contribution in [2.45, 2.75) is 11.8 Å². The number of benzene rings is 2. The Labute approximate surface area is 125 Å². The first-order chi connectivity index (χ1) is 8.88. The molecule has 5 heteroatoms. The summed E-state index contributed by atoms with van der Waals surface area (Å²) in [4.78, 5) is -0.677. The highest BCUT2D eigenvalue weighted by Crippen LogP contribution is 2.36. The number of alkyl halides is 1. The van der Waals surface area contributed by atoms with E-state index in [4.69, 9.17) is 0 Å². The highest BCUT2D eigenvalue weighted by atomic mass is 79.9. The SMILES string of the molecule is Cc1cc(Br)cc(C(Br)c2c(F)cc(F)cc2F)c1. The van der Waals surface area contributed by atoms with Gasteiger partial charge in [0.15, 0.2) is 0 Å². The molecule has 0 amide bonds. The summed E-state index contributed by atoms with van der Waals surface area (Å²) in [6.07, 6.45) is 0. The first-order valence-electron chi connectivity index (χ1n) is 5.44. The molecule has 0 fully saturated rings. The van der Waals surface area contributed by atoms with E-state index < -0.39 is 22.3 Å². The Kier molecular flexibility index (Phi) is 4.36. The molecule has 0 aliphatic rings. The number of hydrogen-bond donors (Lipinski definition) is 0. The summed E-state index contributed by atoms with van der Waals surface area (Å²) in [5, 5.41) is 0. The molecule has 0 heterocycles. The molecule has 0 aliphatic carbocycles.